The van der Waals surface area contributed by atoms with Gasteiger partial charge in [0.05, 0.1) is 18.8 Å². The average Bonchev–Trinajstić information content (AvgIpc) is 2.76. The summed E-state index contributed by atoms with van der Waals surface area (Å²) in [7, 11) is -4.67. The van der Waals surface area contributed by atoms with E-state index in [1.807, 2.05) is 0 Å². The number of cyclic esters (lactones) is 1. The molecule has 0 aromatic heterocycles. The molecule has 0 radical (unpaired) electrons. The first-order chi connectivity index (χ1) is 10.2. The van der Waals surface area contributed by atoms with Crippen molar-refractivity contribution in [3.8, 4) is 0 Å². The Balaban J connectivity index is 2.17. The molecule has 0 aliphatic carbocycles. The number of halogens is 1. The Morgan fingerprint density at radius 3 is 2.77 bits per heavy atom. The van der Waals surface area contributed by atoms with Gasteiger partial charge in [-0.05, 0) is 18.2 Å². The van der Waals surface area contributed by atoms with Gasteiger partial charge < -0.3 is 10.1 Å². The van der Waals surface area contributed by atoms with E-state index in [1.54, 1.807) is 0 Å². The maximum Gasteiger partial charge on any atom is 0.414 e. The fourth-order valence-corrected chi connectivity index (χ4v) is 2.51. The topological polar surface area (TPSA) is 113 Å². The zero-order valence-electron chi connectivity index (χ0n) is 11.4. The second kappa shape index (κ2) is 5.89. The SMILES string of the molecule is CC(=O)NCC1CN(c2ccc(S(=O)(=O)O)c(F)c2)C(=O)O1. The molecule has 0 bridgehead atoms. The second-order valence-electron chi connectivity index (χ2n) is 4.64. The third-order valence-corrected chi connectivity index (χ3v) is 3.84. The van der Waals surface area contributed by atoms with Gasteiger partial charge >= 0.3 is 6.09 Å². The zero-order valence-corrected chi connectivity index (χ0v) is 12.3. The highest BCUT2D eigenvalue weighted by Crippen LogP contribution is 2.25. The number of hydrogen-bond acceptors (Lipinski definition) is 5. The van der Waals surface area contributed by atoms with E-state index >= 15 is 0 Å². The Morgan fingerprint density at radius 2 is 2.23 bits per heavy atom. The quantitative estimate of drug-likeness (QED) is 0.778. The molecule has 22 heavy (non-hydrogen) atoms. The standard InChI is InChI=1S/C12H13FN2O6S/c1-7(16)14-5-9-6-15(12(17)21-9)8-2-3-11(10(13)4-8)22(18,19)20/h2-4,9H,5-6H2,1H3,(H,14,16)(H,18,19,20). The summed E-state index contributed by atoms with van der Waals surface area (Å²) in [6.45, 7) is 1.50. The van der Waals surface area contributed by atoms with E-state index in [9.17, 15) is 22.4 Å². The van der Waals surface area contributed by atoms with E-state index in [0.717, 1.165) is 17.0 Å². The summed E-state index contributed by atoms with van der Waals surface area (Å²) in [4.78, 5) is 22.8. The van der Waals surface area contributed by atoms with Crippen LogP contribution >= 0.6 is 0 Å². The Kier molecular flexibility index (Phi) is 4.33. The maximum atomic E-state index is 13.7. The van der Waals surface area contributed by atoms with Crippen LogP contribution in [0.3, 0.4) is 0 Å². The van der Waals surface area contributed by atoms with E-state index in [2.05, 4.69) is 5.32 Å². The van der Waals surface area contributed by atoms with Crippen molar-refractivity contribution in [2.75, 3.05) is 18.0 Å². The van der Waals surface area contributed by atoms with Gasteiger partial charge in [0.2, 0.25) is 5.91 Å². The third kappa shape index (κ3) is 3.52. The molecule has 1 aromatic carbocycles. The molecule has 1 aromatic rings. The molecule has 1 atom stereocenters. The van der Waals surface area contributed by atoms with Gasteiger partial charge in [-0.2, -0.15) is 8.42 Å². The van der Waals surface area contributed by atoms with Crippen LogP contribution in [0.1, 0.15) is 6.92 Å². The first-order valence-corrected chi connectivity index (χ1v) is 7.62. The lowest BCUT2D eigenvalue weighted by Gasteiger charge is -2.13. The smallest absolute Gasteiger partial charge is 0.414 e. The molecule has 1 aliphatic rings. The Labute approximate surface area is 125 Å². The summed E-state index contributed by atoms with van der Waals surface area (Å²) in [5.41, 5.74) is 0.0835. The first-order valence-electron chi connectivity index (χ1n) is 6.18. The highest BCUT2D eigenvalue weighted by molar-refractivity contribution is 7.85. The lowest BCUT2D eigenvalue weighted by molar-refractivity contribution is -0.119. The van der Waals surface area contributed by atoms with Crippen molar-refractivity contribution in [3.63, 3.8) is 0 Å². The van der Waals surface area contributed by atoms with Gasteiger partial charge in [0, 0.05) is 6.92 Å². The molecule has 8 nitrogen and oxygen atoms in total. The number of carbonyl (C=O) groups is 2. The highest BCUT2D eigenvalue weighted by Gasteiger charge is 2.33. The molecule has 2 amide bonds. The summed E-state index contributed by atoms with van der Waals surface area (Å²) < 4.78 is 49.4. The number of amides is 2. The van der Waals surface area contributed by atoms with Crippen LogP contribution in [0.5, 0.6) is 0 Å². The lowest BCUT2D eigenvalue weighted by atomic mass is 10.2. The average molecular weight is 332 g/mol. The monoisotopic (exact) mass is 332 g/mol. The molecule has 0 spiro atoms. The van der Waals surface area contributed by atoms with Crippen LogP contribution < -0.4 is 10.2 Å². The van der Waals surface area contributed by atoms with Crippen molar-refractivity contribution in [1.82, 2.24) is 5.32 Å². The van der Waals surface area contributed by atoms with Gasteiger partial charge in [-0.1, -0.05) is 0 Å². The molecule has 1 aliphatic heterocycles. The Hall–Kier alpha value is -2.20. The van der Waals surface area contributed by atoms with E-state index in [0.29, 0.717) is 0 Å². The van der Waals surface area contributed by atoms with E-state index < -0.39 is 33.0 Å². The molecule has 1 saturated heterocycles. The minimum Gasteiger partial charge on any atom is -0.442 e. The Morgan fingerprint density at radius 1 is 1.55 bits per heavy atom. The van der Waals surface area contributed by atoms with Gasteiger partial charge in [0.25, 0.3) is 10.1 Å². The van der Waals surface area contributed by atoms with Gasteiger partial charge in [0.15, 0.2) is 0 Å². The summed E-state index contributed by atoms with van der Waals surface area (Å²) in [6.07, 6.45) is -1.34. The maximum absolute atomic E-state index is 13.7. The first kappa shape index (κ1) is 16.2. The van der Waals surface area contributed by atoms with Crippen LogP contribution in [0, 0.1) is 5.82 Å². The summed E-state index contributed by atoms with van der Waals surface area (Å²) in [5, 5.41) is 2.49. The van der Waals surface area contributed by atoms with Crippen molar-refractivity contribution < 1.29 is 31.7 Å². The number of nitrogens with one attached hydrogen (secondary N) is 1. The molecule has 10 heteroatoms. The molecular weight excluding hydrogens is 319 g/mol. The molecule has 1 unspecified atom stereocenters. The Bertz CT molecular complexity index is 720. The molecule has 1 heterocycles. The minimum absolute atomic E-state index is 0.0732. The molecule has 2 rings (SSSR count). The largest absolute Gasteiger partial charge is 0.442 e. The van der Waals surface area contributed by atoms with E-state index in [1.165, 1.54) is 13.0 Å². The number of anilines is 1. The molecular formula is C12H13FN2O6S. The van der Waals surface area contributed by atoms with Crippen LogP contribution in [0.15, 0.2) is 23.1 Å². The van der Waals surface area contributed by atoms with Crippen LogP contribution in [0.25, 0.3) is 0 Å². The van der Waals surface area contributed by atoms with Crippen LogP contribution in [-0.2, 0) is 19.6 Å². The van der Waals surface area contributed by atoms with Gasteiger partial charge in [-0.15, -0.1) is 0 Å². The number of ether oxygens (including phenoxy) is 1. The minimum atomic E-state index is -4.67. The second-order valence-corrected chi connectivity index (χ2v) is 6.03. The number of rotatable bonds is 4. The van der Waals surface area contributed by atoms with Crippen molar-refractivity contribution in [1.29, 1.82) is 0 Å². The fourth-order valence-electron chi connectivity index (χ4n) is 1.96. The van der Waals surface area contributed by atoms with Crippen LogP contribution in [-0.4, -0.2) is 44.2 Å². The van der Waals surface area contributed by atoms with Crippen LogP contribution in [0.4, 0.5) is 14.9 Å². The van der Waals surface area contributed by atoms with Crippen molar-refractivity contribution in [2.24, 2.45) is 0 Å². The number of nitrogens with zero attached hydrogens (tertiary/aromatic N) is 1. The van der Waals surface area contributed by atoms with Gasteiger partial charge in [0.1, 0.15) is 16.8 Å². The van der Waals surface area contributed by atoms with Crippen molar-refractivity contribution >= 4 is 27.8 Å². The third-order valence-electron chi connectivity index (χ3n) is 2.96. The molecule has 120 valence electrons. The van der Waals surface area contributed by atoms with Crippen LogP contribution in [0.2, 0.25) is 0 Å². The van der Waals surface area contributed by atoms with Crippen molar-refractivity contribution in [3.05, 3.63) is 24.0 Å². The lowest BCUT2D eigenvalue weighted by Crippen LogP contribution is -2.33. The molecule has 1 fully saturated rings. The van der Waals surface area contributed by atoms with E-state index in [4.69, 9.17) is 9.29 Å². The van der Waals surface area contributed by atoms with Crippen molar-refractivity contribution in [2.45, 2.75) is 17.9 Å². The van der Waals surface area contributed by atoms with Gasteiger partial charge in [-0.25, -0.2) is 9.18 Å². The predicted molar refractivity (Wildman–Crippen MR) is 72.5 cm³/mol. The summed E-state index contributed by atoms with van der Waals surface area (Å²) in [6, 6.07) is 2.84. The normalized spacial score (nSPS) is 18.2. The summed E-state index contributed by atoms with van der Waals surface area (Å²) >= 11 is 0. The fraction of sp³-hybridized carbons (Fsp3) is 0.333. The van der Waals surface area contributed by atoms with E-state index in [-0.39, 0.29) is 24.7 Å². The molecule has 0 saturated carbocycles. The molecule has 2 N–H and O–H groups in total. The number of benzene rings is 1. The van der Waals surface area contributed by atoms with Gasteiger partial charge in [-0.3, -0.25) is 14.2 Å². The highest BCUT2D eigenvalue weighted by atomic mass is 32.2. The summed E-state index contributed by atoms with van der Waals surface area (Å²) in [5.74, 6) is -1.46. The number of hydrogen-bond donors (Lipinski definition) is 2. The zero-order chi connectivity index (χ0) is 16.5. The number of carbonyl (C=O) groups excluding carboxylic acids is 2. The predicted octanol–water partition coefficient (Wildman–Crippen LogP) is 0.534.